The van der Waals surface area contributed by atoms with Crippen molar-refractivity contribution in [1.29, 1.82) is 0 Å². The molecule has 4 rings (SSSR count). The first kappa shape index (κ1) is 18.2. The monoisotopic (exact) mass is 486 g/mol. The predicted octanol–water partition coefficient (Wildman–Crippen LogP) is 1.96. The molecule has 0 atom stereocenters. The minimum absolute atomic E-state index is 0. The smallest absolute Gasteiger partial charge is 0.262 e. The molecule has 0 radical (unpaired) electrons. The Hall–Kier alpha value is -0.570. The Bertz CT molecular complexity index is 923. The van der Waals surface area contributed by atoms with Crippen LogP contribution < -0.4 is 28.5 Å². The first-order valence-electron chi connectivity index (χ1n) is 7.83. The number of hydrogen-bond acceptors (Lipinski definition) is 4. The van der Waals surface area contributed by atoms with E-state index in [1.54, 1.807) is 0 Å². The van der Waals surface area contributed by atoms with Crippen molar-refractivity contribution in [3.05, 3.63) is 45.8 Å². The van der Waals surface area contributed by atoms with Crippen molar-refractivity contribution in [3.8, 4) is 0 Å². The fourth-order valence-electron chi connectivity index (χ4n) is 2.98. The summed E-state index contributed by atoms with van der Waals surface area (Å²) >= 11 is 5.64. The molecule has 2 aromatic heterocycles. The second-order valence-corrected chi connectivity index (χ2v) is 8.69. The molecule has 0 bridgehead atoms. The number of thiophene rings is 1. The van der Waals surface area contributed by atoms with Crippen molar-refractivity contribution < 1.29 is 28.5 Å². The number of thioether (sulfide) groups is 1. The zero-order chi connectivity index (χ0) is 15.8. The summed E-state index contributed by atoms with van der Waals surface area (Å²) in [5.74, 6) is 1.20. The number of thiazole rings is 1. The molecule has 126 valence electrons. The van der Waals surface area contributed by atoms with Gasteiger partial charge in [-0.15, -0.1) is 23.1 Å². The van der Waals surface area contributed by atoms with E-state index < -0.39 is 0 Å². The lowest BCUT2D eigenvalue weighted by Gasteiger charge is -2.09. The molecule has 3 aromatic rings. The average Bonchev–Trinajstić information content (AvgIpc) is 3.24. The Morgan fingerprint density at radius 3 is 2.83 bits per heavy atom. The molecule has 0 N–H and O–H groups in total. The van der Waals surface area contributed by atoms with Crippen molar-refractivity contribution in [2.45, 2.75) is 13.5 Å². The van der Waals surface area contributed by atoms with Crippen LogP contribution >= 0.6 is 34.4 Å². The number of benzene rings is 1. The van der Waals surface area contributed by atoms with Crippen LogP contribution in [-0.4, -0.2) is 24.2 Å². The number of fused-ring (bicyclic) bond motifs is 3. The topological polar surface area (TPSA) is 7.12 Å². The maximum atomic E-state index is 2.44. The highest BCUT2D eigenvalue weighted by Gasteiger charge is 2.20. The van der Waals surface area contributed by atoms with E-state index in [0.29, 0.717) is 0 Å². The lowest BCUT2D eigenvalue weighted by Crippen LogP contribution is -3.00. The van der Waals surface area contributed by atoms with Crippen LogP contribution in [0.3, 0.4) is 0 Å². The van der Waals surface area contributed by atoms with E-state index in [9.17, 15) is 0 Å². The Labute approximate surface area is 171 Å². The molecule has 3 heterocycles. The Morgan fingerprint density at radius 1 is 1.25 bits per heavy atom. The van der Waals surface area contributed by atoms with Gasteiger partial charge >= 0.3 is 0 Å². The van der Waals surface area contributed by atoms with Crippen LogP contribution in [0.15, 0.2) is 40.8 Å². The standard InChI is InChI=1S/C18H19N2S3.HI/c1-3-20-17(6-4-5-16-19(2)10-12-22-16)23-15-8-7-14-13(18(15)20)9-11-21-14;/h4-9,11H,3,10,12H2,1-2H3;1H/q+1;/p-1. The Balaban J connectivity index is 0.00000169. The van der Waals surface area contributed by atoms with Crippen molar-refractivity contribution in [3.63, 3.8) is 0 Å². The number of nitrogens with zero attached hydrogens (tertiary/aromatic N) is 2. The largest absolute Gasteiger partial charge is 1.00 e. The molecule has 24 heavy (non-hydrogen) atoms. The molecule has 1 fully saturated rings. The van der Waals surface area contributed by atoms with Gasteiger partial charge in [0.1, 0.15) is 11.2 Å². The van der Waals surface area contributed by atoms with Crippen LogP contribution in [0.25, 0.3) is 26.4 Å². The predicted molar refractivity (Wildman–Crippen MR) is 105 cm³/mol. The molecular formula is C18H19IN2S3. The quantitative estimate of drug-likeness (QED) is 0.413. The normalized spacial score (nSPS) is 16.8. The molecule has 6 heteroatoms. The van der Waals surface area contributed by atoms with Crippen molar-refractivity contribution in [2.24, 2.45) is 0 Å². The van der Waals surface area contributed by atoms with Crippen LogP contribution in [0.4, 0.5) is 0 Å². The van der Waals surface area contributed by atoms with Gasteiger partial charge in [0.05, 0.1) is 10.4 Å². The lowest BCUT2D eigenvalue weighted by molar-refractivity contribution is -0.664. The van der Waals surface area contributed by atoms with E-state index in [4.69, 9.17) is 0 Å². The zero-order valence-corrected chi connectivity index (χ0v) is 18.3. The van der Waals surface area contributed by atoms with E-state index >= 15 is 0 Å². The molecule has 1 aliphatic rings. The van der Waals surface area contributed by atoms with E-state index in [0.717, 1.165) is 13.1 Å². The maximum Gasteiger partial charge on any atom is 0.262 e. The molecule has 0 unspecified atom stereocenters. The van der Waals surface area contributed by atoms with Crippen molar-refractivity contribution in [1.82, 2.24) is 4.90 Å². The minimum atomic E-state index is 0. The van der Waals surface area contributed by atoms with Crippen LogP contribution in [-0.2, 0) is 6.54 Å². The first-order chi connectivity index (χ1) is 11.3. The molecule has 0 amide bonds. The number of hydrogen-bond donors (Lipinski definition) is 0. The third-order valence-corrected chi connectivity index (χ3v) is 7.29. The van der Waals surface area contributed by atoms with Crippen LogP contribution in [0, 0.1) is 0 Å². The average molecular weight is 486 g/mol. The van der Waals surface area contributed by atoms with Gasteiger partial charge in [0, 0.05) is 30.1 Å². The summed E-state index contributed by atoms with van der Waals surface area (Å²) in [4.78, 5) is 2.32. The number of allylic oxidation sites excluding steroid dienone is 2. The molecule has 1 saturated heterocycles. The van der Waals surface area contributed by atoms with Gasteiger partial charge in [-0.2, -0.15) is 4.57 Å². The molecule has 2 nitrogen and oxygen atoms in total. The van der Waals surface area contributed by atoms with Crippen molar-refractivity contribution >= 4 is 60.8 Å². The third kappa shape index (κ3) is 3.25. The van der Waals surface area contributed by atoms with E-state index in [1.807, 2.05) is 34.4 Å². The van der Waals surface area contributed by atoms with E-state index in [-0.39, 0.29) is 24.0 Å². The summed E-state index contributed by atoms with van der Waals surface area (Å²) in [6.45, 7) is 4.38. The summed E-state index contributed by atoms with van der Waals surface area (Å²) in [7, 11) is 2.17. The zero-order valence-electron chi connectivity index (χ0n) is 13.7. The molecule has 1 aliphatic heterocycles. The SMILES string of the molecule is CC[n+]1c(/C=C/C=C2/SCCN2C)sc2ccc3sccc3c21.[I-]. The van der Waals surface area contributed by atoms with Gasteiger partial charge in [-0.1, -0.05) is 17.4 Å². The fraction of sp³-hybridized carbons (Fsp3) is 0.278. The van der Waals surface area contributed by atoms with Gasteiger partial charge < -0.3 is 28.9 Å². The van der Waals surface area contributed by atoms with Crippen LogP contribution in [0.2, 0.25) is 0 Å². The highest BCUT2D eigenvalue weighted by Crippen LogP contribution is 2.31. The van der Waals surface area contributed by atoms with Crippen molar-refractivity contribution in [2.75, 3.05) is 19.3 Å². The number of aryl methyl sites for hydroxylation is 1. The van der Waals surface area contributed by atoms with Crippen LogP contribution in [0.1, 0.15) is 11.9 Å². The molecule has 0 saturated carbocycles. The Kier molecular flexibility index (Phi) is 5.89. The minimum Gasteiger partial charge on any atom is -1.00 e. The van der Waals surface area contributed by atoms with E-state index in [1.165, 1.54) is 36.1 Å². The van der Waals surface area contributed by atoms with Gasteiger partial charge in [-0.05, 0) is 36.6 Å². The highest BCUT2D eigenvalue weighted by molar-refractivity contribution is 8.03. The number of rotatable bonds is 3. The summed E-state index contributed by atoms with van der Waals surface area (Å²) < 4.78 is 5.19. The third-order valence-electron chi connectivity index (χ3n) is 4.17. The van der Waals surface area contributed by atoms with E-state index in [2.05, 4.69) is 65.2 Å². The van der Waals surface area contributed by atoms with Crippen LogP contribution in [0.5, 0.6) is 0 Å². The summed E-state index contributed by atoms with van der Waals surface area (Å²) in [6, 6.07) is 6.76. The second kappa shape index (κ2) is 7.76. The van der Waals surface area contributed by atoms with Gasteiger partial charge in [-0.25, -0.2) is 0 Å². The molecule has 0 spiro atoms. The fourth-order valence-corrected chi connectivity index (χ4v) is 5.99. The second-order valence-electron chi connectivity index (χ2n) is 5.56. The summed E-state index contributed by atoms with van der Waals surface area (Å²) in [5.41, 5.74) is 1.39. The van der Waals surface area contributed by atoms with Gasteiger partial charge in [0.15, 0.2) is 0 Å². The summed E-state index contributed by atoms with van der Waals surface area (Å²) in [5, 5.41) is 6.26. The number of aromatic nitrogens is 1. The molecule has 0 aliphatic carbocycles. The molecule has 1 aromatic carbocycles. The van der Waals surface area contributed by atoms with Gasteiger partial charge in [-0.3, -0.25) is 0 Å². The summed E-state index contributed by atoms with van der Waals surface area (Å²) in [6.07, 6.45) is 6.69. The maximum absolute atomic E-state index is 2.44. The number of halogens is 1. The molecular weight excluding hydrogens is 467 g/mol. The Morgan fingerprint density at radius 2 is 2.08 bits per heavy atom. The lowest BCUT2D eigenvalue weighted by atomic mass is 10.2. The highest BCUT2D eigenvalue weighted by atomic mass is 127. The van der Waals surface area contributed by atoms with Gasteiger partial charge in [0.25, 0.3) is 5.01 Å². The first-order valence-corrected chi connectivity index (χ1v) is 10.5. The van der Waals surface area contributed by atoms with Gasteiger partial charge in [0.2, 0.25) is 5.52 Å².